The highest BCUT2D eigenvalue weighted by Crippen LogP contribution is 2.28. The molecule has 0 unspecified atom stereocenters. The van der Waals surface area contributed by atoms with E-state index in [1.165, 1.54) is 24.0 Å². The third kappa shape index (κ3) is 2.73. The van der Waals surface area contributed by atoms with E-state index in [4.69, 9.17) is 4.74 Å². The van der Waals surface area contributed by atoms with E-state index in [2.05, 4.69) is 40.3 Å². The van der Waals surface area contributed by atoms with E-state index in [-0.39, 0.29) is 0 Å². The van der Waals surface area contributed by atoms with Crippen LogP contribution in [0.1, 0.15) is 24.0 Å². The highest BCUT2D eigenvalue weighted by atomic mass is 79.9. The van der Waals surface area contributed by atoms with E-state index in [0.29, 0.717) is 0 Å². The Kier molecular flexibility index (Phi) is 3.32. The predicted octanol–water partition coefficient (Wildman–Crippen LogP) is 3.02. The van der Waals surface area contributed by atoms with Crippen molar-refractivity contribution in [2.24, 2.45) is 0 Å². The molecule has 0 amide bonds. The molecule has 1 fully saturated rings. The van der Waals surface area contributed by atoms with Crippen molar-refractivity contribution in [1.82, 2.24) is 5.32 Å². The molecule has 3 heteroatoms. The standard InChI is InChI=1S/C12H16BrNO/c1-8-5-10(13)6-9(12(8)15-2)7-14-11-3-4-11/h5-6,11,14H,3-4,7H2,1-2H3. The quantitative estimate of drug-likeness (QED) is 0.908. The van der Waals surface area contributed by atoms with Crippen LogP contribution in [0.3, 0.4) is 0 Å². The highest BCUT2D eigenvalue weighted by Gasteiger charge is 2.20. The van der Waals surface area contributed by atoms with E-state index in [9.17, 15) is 0 Å². The maximum atomic E-state index is 5.42. The highest BCUT2D eigenvalue weighted by molar-refractivity contribution is 9.10. The molecule has 0 aliphatic heterocycles. The van der Waals surface area contributed by atoms with Crippen molar-refractivity contribution in [1.29, 1.82) is 0 Å². The lowest BCUT2D eigenvalue weighted by molar-refractivity contribution is 0.404. The van der Waals surface area contributed by atoms with Gasteiger partial charge in [-0.3, -0.25) is 0 Å². The number of halogens is 1. The molecule has 1 aliphatic rings. The third-order valence-corrected chi connectivity index (χ3v) is 3.14. The Morgan fingerprint density at radius 1 is 1.47 bits per heavy atom. The van der Waals surface area contributed by atoms with E-state index >= 15 is 0 Å². The van der Waals surface area contributed by atoms with Crippen molar-refractivity contribution in [2.45, 2.75) is 32.4 Å². The van der Waals surface area contributed by atoms with Crippen LogP contribution in [0.5, 0.6) is 5.75 Å². The van der Waals surface area contributed by atoms with Gasteiger partial charge in [-0.1, -0.05) is 15.9 Å². The largest absolute Gasteiger partial charge is 0.496 e. The van der Waals surface area contributed by atoms with Gasteiger partial charge in [0.25, 0.3) is 0 Å². The van der Waals surface area contributed by atoms with Crippen LogP contribution in [0.15, 0.2) is 16.6 Å². The van der Waals surface area contributed by atoms with Gasteiger partial charge in [0.15, 0.2) is 0 Å². The molecule has 1 aliphatic carbocycles. The fourth-order valence-corrected chi connectivity index (χ4v) is 2.38. The number of aryl methyl sites for hydroxylation is 1. The van der Waals surface area contributed by atoms with Crippen LogP contribution in [-0.4, -0.2) is 13.2 Å². The molecule has 1 aromatic carbocycles. The molecule has 1 saturated carbocycles. The average molecular weight is 270 g/mol. The lowest BCUT2D eigenvalue weighted by atomic mass is 10.1. The second-order valence-electron chi connectivity index (χ2n) is 4.07. The lowest BCUT2D eigenvalue weighted by Crippen LogP contribution is -2.16. The van der Waals surface area contributed by atoms with Gasteiger partial charge in [-0.15, -0.1) is 0 Å². The molecule has 15 heavy (non-hydrogen) atoms. The minimum absolute atomic E-state index is 0.731. The summed E-state index contributed by atoms with van der Waals surface area (Å²) in [4.78, 5) is 0. The molecule has 0 saturated heterocycles. The Labute approximate surface area is 99.1 Å². The number of rotatable bonds is 4. The third-order valence-electron chi connectivity index (χ3n) is 2.68. The van der Waals surface area contributed by atoms with Crippen molar-refractivity contribution in [3.8, 4) is 5.75 Å². The molecular formula is C12H16BrNO. The number of hydrogen-bond donors (Lipinski definition) is 1. The van der Waals surface area contributed by atoms with Gasteiger partial charge in [0, 0.05) is 22.6 Å². The number of hydrogen-bond acceptors (Lipinski definition) is 2. The Hall–Kier alpha value is -0.540. The average Bonchev–Trinajstić information content (AvgIpc) is 2.97. The Morgan fingerprint density at radius 3 is 2.80 bits per heavy atom. The molecule has 2 nitrogen and oxygen atoms in total. The minimum atomic E-state index is 0.731. The summed E-state index contributed by atoms with van der Waals surface area (Å²) in [6.07, 6.45) is 2.63. The first-order valence-electron chi connectivity index (χ1n) is 5.27. The predicted molar refractivity (Wildman–Crippen MR) is 65.3 cm³/mol. The summed E-state index contributed by atoms with van der Waals surface area (Å²) < 4.78 is 6.54. The van der Waals surface area contributed by atoms with Crippen LogP contribution < -0.4 is 10.1 Å². The first-order chi connectivity index (χ1) is 7.20. The maximum Gasteiger partial charge on any atom is 0.126 e. The van der Waals surface area contributed by atoms with Crippen LogP contribution in [0.2, 0.25) is 0 Å². The van der Waals surface area contributed by atoms with E-state index in [1.54, 1.807) is 7.11 Å². The fourth-order valence-electron chi connectivity index (χ4n) is 1.76. The van der Waals surface area contributed by atoms with Crippen molar-refractivity contribution in [3.63, 3.8) is 0 Å². The topological polar surface area (TPSA) is 21.3 Å². The molecule has 0 atom stereocenters. The summed E-state index contributed by atoms with van der Waals surface area (Å²) in [7, 11) is 1.73. The van der Waals surface area contributed by atoms with Gasteiger partial charge in [-0.2, -0.15) is 0 Å². The van der Waals surface area contributed by atoms with Crippen LogP contribution in [0.4, 0.5) is 0 Å². The van der Waals surface area contributed by atoms with Crippen molar-refractivity contribution < 1.29 is 4.74 Å². The second-order valence-corrected chi connectivity index (χ2v) is 4.99. The Balaban J connectivity index is 2.17. The molecule has 2 rings (SSSR count). The van der Waals surface area contributed by atoms with Crippen molar-refractivity contribution in [2.75, 3.05) is 7.11 Å². The number of methoxy groups -OCH3 is 1. The fraction of sp³-hybridized carbons (Fsp3) is 0.500. The van der Waals surface area contributed by atoms with E-state index in [0.717, 1.165) is 22.8 Å². The summed E-state index contributed by atoms with van der Waals surface area (Å²) in [5.41, 5.74) is 2.41. The number of ether oxygens (including phenoxy) is 1. The molecule has 0 aromatic heterocycles. The molecule has 0 bridgehead atoms. The number of benzene rings is 1. The second kappa shape index (κ2) is 4.54. The van der Waals surface area contributed by atoms with Crippen molar-refractivity contribution in [3.05, 3.63) is 27.7 Å². The Bertz CT molecular complexity index is 361. The first kappa shape index (κ1) is 11.0. The molecule has 0 spiro atoms. The normalized spacial score (nSPS) is 15.4. The first-order valence-corrected chi connectivity index (χ1v) is 6.06. The van der Waals surface area contributed by atoms with Gasteiger partial charge in [-0.25, -0.2) is 0 Å². The van der Waals surface area contributed by atoms with Crippen LogP contribution >= 0.6 is 15.9 Å². The SMILES string of the molecule is COc1c(C)cc(Br)cc1CNC1CC1. The van der Waals surface area contributed by atoms with Crippen LogP contribution in [-0.2, 0) is 6.54 Å². The Morgan fingerprint density at radius 2 is 2.20 bits per heavy atom. The van der Waals surface area contributed by atoms with E-state index < -0.39 is 0 Å². The molecule has 82 valence electrons. The molecule has 0 radical (unpaired) electrons. The molecule has 1 aromatic rings. The van der Waals surface area contributed by atoms with Gasteiger partial charge in [-0.05, 0) is 37.5 Å². The van der Waals surface area contributed by atoms with Crippen molar-refractivity contribution >= 4 is 15.9 Å². The monoisotopic (exact) mass is 269 g/mol. The maximum absolute atomic E-state index is 5.42. The van der Waals surface area contributed by atoms with Gasteiger partial charge < -0.3 is 10.1 Å². The summed E-state index contributed by atoms with van der Waals surface area (Å²) in [6.45, 7) is 2.97. The van der Waals surface area contributed by atoms with Crippen LogP contribution in [0.25, 0.3) is 0 Å². The number of nitrogens with one attached hydrogen (secondary N) is 1. The smallest absolute Gasteiger partial charge is 0.126 e. The van der Waals surface area contributed by atoms with Gasteiger partial charge in [0.1, 0.15) is 5.75 Å². The van der Waals surface area contributed by atoms with Crippen LogP contribution in [0, 0.1) is 6.92 Å². The molecular weight excluding hydrogens is 254 g/mol. The zero-order valence-corrected chi connectivity index (χ0v) is 10.7. The zero-order valence-electron chi connectivity index (χ0n) is 9.14. The summed E-state index contributed by atoms with van der Waals surface area (Å²) >= 11 is 3.52. The van der Waals surface area contributed by atoms with Gasteiger partial charge >= 0.3 is 0 Å². The molecule has 0 heterocycles. The van der Waals surface area contributed by atoms with Gasteiger partial charge in [0.05, 0.1) is 7.11 Å². The summed E-state index contributed by atoms with van der Waals surface area (Å²) in [5.74, 6) is 1.01. The minimum Gasteiger partial charge on any atom is -0.496 e. The summed E-state index contributed by atoms with van der Waals surface area (Å²) in [6, 6.07) is 4.94. The summed E-state index contributed by atoms with van der Waals surface area (Å²) in [5, 5.41) is 3.50. The van der Waals surface area contributed by atoms with Gasteiger partial charge in [0.2, 0.25) is 0 Å². The lowest BCUT2D eigenvalue weighted by Gasteiger charge is -2.12. The van der Waals surface area contributed by atoms with E-state index in [1.807, 2.05) is 0 Å². The molecule has 1 N–H and O–H groups in total. The zero-order chi connectivity index (χ0) is 10.8.